The topological polar surface area (TPSA) is 21.3 Å². The summed E-state index contributed by atoms with van der Waals surface area (Å²) in [5.74, 6) is 0. The summed E-state index contributed by atoms with van der Waals surface area (Å²) in [4.78, 5) is 0. The molecule has 2 atom stereocenters. The van der Waals surface area contributed by atoms with Gasteiger partial charge in [-0.3, -0.25) is 0 Å². The van der Waals surface area contributed by atoms with Gasteiger partial charge in [-0.1, -0.05) is 32.0 Å². The standard InChI is InChI=1S/C17H25NOS/c1-4-11-18-16(15(5-2)19-6-3)14-9-7-8-13-10-12-20-17(13)14/h7-10,12,15-16,18H,4-6,11H2,1-3H3. The predicted octanol–water partition coefficient (Wildman–Crippen LogP) is 4.76. The van der Waals surface area contributed by atoms with E-state index in [1.807, 2.05) is 11.3 Å². The monoisotopic (exact) mass is 291 g/mol. The second kappa shape index (κ2) is 7.77. The largest absolute Gasteiger partial charge is 0.377 e. The van der Waals surface area contributed by atoms with Crippen molar-refractivity contribution in [2.24, 2.45) is 0 Å². The Bertz CT molecular complexity index is 522. The Balaban J connectivity index is 2.36. The molecule has 3 heteroatoms. The first kappa shape index (κ1) is 15.5. The summed E-state index contributed by atoms with van der Waals surface area (Å²) in [6.07, 6.45) is 2.40. The first-order valence-corrected chi connectivity index (χ1v) is 8.50. The van der Waals surface area contributed by atoms with Crippen molar-refractivity contribution >= 4 is 21.4 Å². The van der Waals surface area contributed by atoms with Gasteiger partial charge in [0.1, 0.15) is 0 Å². The zero-order valence-electron chi connectivity index (χ0n) is 12.7. The number of hydrogen-bond donors (Lipinski definition) is 1. The second-order valence-corrected chi connectivity index (χ2v) is 5.94. The average Bonchev–Trinajstić information content (AvgIpc) is 2.95. The number of ether oxygens (including phenoxy) is 1. The molecule has 1 aromatic carbocycles. The van der Waals surface area contributed by atoms with E-state index in [0.29, 0.717) is 0 Å². The minimum atomic E-state index is 0.235. The molecule has 110 valence electrons. The van der Waals surface area contributed by atoms with Gasteiger partial charge in [-0.05, 0) is 48.7 Å². The van der Waals surface area contributed by atoms with Crippen LogP contribution in [0.2, 0.25) is 0 Å². The molecular weight excluding hydrogens is 266 g/mol. The van der Waals surface area contributed by atoms with E-state index < -0.39 is 0 Å². The lowest BCUT2D eigenvalue weighted by molar-refractivity contribution is 0.0318. The van der Waals surface area contributed by atoms with Crippen LogP contribution in [-0.2, 0) is 4.74 Å². The Kier molecular flexibility index (Phi) is 6.02. The molecule has 0 amide bonds. The fourth-order valence-corrected chi connectivity index (χ4v) is 3.62. The molecule has 2 nitrogen and oxygen atoms in total. The van der Waals surface area contributed by atoms with Gasteiger partial charge in [0.25, 0.3) is 0 Å². The molecular formula is C17H25NOS. The summed E-state index contributed by atoms with van der Waals surface area (Å²) in [5.41, 5.74) is 1.38. The van der Waals surface area contributed by atoms with Crippen molar-refractivity contribution in [2.45, 2.75) is 45.8 Å². The molecule has 0 saturated heterocycles. The smallest absolute Gasteiger partial charge is 0.0767 e. The third kappa shape index (κ3) is 3.40. The van der Waals surface area contributed by atoms with Gasteiger partial charge in [0, 0.05) is 11.3 Å². The molecule has 0 radical (unpaired) electrons. The van der Waals surface area contributed by atoms with Crippen molar-refractivity contribution in [3.8, 4) is 0 Å². The van der Waals surface area contributed by atoms with Gasteiger partial charge in [0.15, 0.2) is 0 Å². The molecule has 20 heavy (non-hydrogen) atoms. The Morgan fingerprint density at radius 1 is 1.20 bits per heavy atom. The van der Waals surface area contributed by atoms with Crippen molar-refractivity contribution in [1.82, 2.24) is 5.32 Å². The van der Waals surface area contributed by atoms with Crippen LogP contribution in [0.5, 0.6) is 0 Å². The lowest BCUT2D eigenvalue weighted by atomic mass is 9.98. The van der Waals surface area contributed by atoms with Crippen LogP contribution in [0.4, 0.5) is 0 Å². The van der Waals surface area contributed by atoms with Gasteiger partial charge in [-0.25, -0.2) is 0 Å². The van der Waals surface area contributed by atoms with Gasteiger partial charge in [-0.15, -0.1) is 11.3 Å². The number of benzene rings is 1. The van der Waals surface area contributed by atoms with Gasteiger partial charge in [0.05, 0.1) is 12.1 Å². The summed E-state index contributed by atoms with van der Waals surface area (Å²) in [5, 5.41) is 7.19. The normalized spacial score (nSPS) is 14.6. The molecule has 0 aliphatic heterocycles. The van der Waals surface area contributed by atoms with E-state index in [1.165, 1.54) is 15.6 Å². The number of nitrogens with one attached hydrogen (secondary N) is 1. The molecule has 1 N–H and O–H groups in total. The maximum absolute atomic E-state index is 5.97. The number of rotatable bonds is 8. The minimum Gasteiger partial charge on any atom is -0.377 e. The van der Waals surface area contributed by atoms with Crippen molar-refractivity contribution < 1.29 is 4.74 Å². The van der Waals surface area contributed by atoms with E-state index in [1.54, 1.807) is 0 Å². The van der Waals surface area contributed by atoms with Crippen LogP contribution in [0.3, 0.4) is 0 Å². The lowest BCUT2D eigenvalue weighted by Gasteiger charge is -2.28. The number of fused-ring (bicyclic) bond motifs is 1. The van der Waals surface area contributed by atoms with Gasteiger partial charge in [0.2, 0.25) is 0 Å². The highest BCUT2D eigenvalue weighted by Gasteiger charge is 2.23. The van der Waals surface area contributed by atoms with Crippen LogP contribution in [0, 0.1) is 0 Å². The van der Waals surface area contributed by atoms with E-state index >= 15 is 0 Å². The molecule has 1 aromatic heterocycles. The Hall–Kier alpha value is -0.900. The molecule has 0 spiro atoms. The highest BCUT2D eigenvalue weighted by Crippen LogP contribution is 2.32. The molecule has 0 saturated carbocycles. The van der Waals surface area contributed by atoms with Crippen LogP contribution < -0.4 is 5.32 Å². The Labute approximate surface area is 126 Å². The van der Waals surface area contributed by atoms with E-state index in [9.17, 15) is 0 Å². The Morgan fingerprint density at radius 2 is 2.05 bits per heavy atom. The predicted molar refractivity (Wildman–Crippen MR) is 88.6 cm³/mol. The molecule has 0 bridgehead atoms. The molecule has 0 aliphatic rings. The SMILES string of the molecule is CCCNC(c1cccc2ccsc12)C(CC)OCC. The van der Waals surface area contributed by atoms with Crippen LogP contribution in [-0.4, -0.2) is 19.3 Å². The molecule has 2 rings (SSSR count). The van der Waals surface area contributed by atoms with Crippen molar-refractivity contribution in [1.29, 1.82) is 0 Å². The van der Waals surface area contributed by atoms with Gasteiger partial charge >= 0.3 is 0 Å². The number of thiophene rings is 1. The quantitative estimate of drug-likeness (QED) is 0.757. The third-order valence-corrected chi connectivity index (χ3v) is 4.59. The molecule has 0 fully saturated rings. The van der Waals surface area contributed by atoms with Crippen LogP contribution in [0.25, 0.3) is 10.1 Å². The second-order valence-electron chi connectivity index (χ2n) is 5.02. The zero-order chi connectivity index (χ0) is 14.4. The fraction of sp³-hybridized carbons (Fsp3) is 0.529. The maximum Gasteiger partial charge on any atom is 0.0767 e. The summed E-state index contributed by atoms with van der Waals surface area (Å²) in [6.45, 7) is 8.28. The van der Waals surface area contributed by atoms with E-state index in [4.69, 9.17) is 4.74 Å². The van der Waals surface area contributed by atoms with Gasteiger partial charge < -0.3 is 10.1 Å². The molecule has 0 aliphatic carbocycles. The molecule has 1 heterocycles. The maximum atomic E-state index is 5.97. The number of hydrogen-bond acceptors (Lipinski definition) is 3. The minimum absolute atomic E-state index is 0.235. The van der Waals surface area contributed by atoms with Crippen LogP contribution in [0.15, 0.2) is 29.6 Å². The highest BCUT2D eigenvalue weighted by atomic mass is 32.1. The van der Waals surface area contributed by atoms with Crippen LogP contribution >= 0.6 is 11.3 Å². The summed E-state index contributed by atoms with van der Waals surface area (Å²) in [6, 6.07) is 9.06. The fourth-order valence-electron chi connectivity index (χ4n) is 2.67. The summed E-state index contributed by atoms with van der Waals surface area (Å²) in [7, 11) is 0. The van der Waals surface area contributed by atoms with Crippen molar-refractivity contribution in [3.63, 3.8) is 0 Å². The first-order valence-electron chi connectivity index (χ1n) is 7.62. The van der Waals surface area contributed by atoms with Crippen molar-refractivity contribution in [2.75, 3.05) is 13.2 Å². The molecule has 2 aromatic rings. The third-order valence-electron chi connectivity index (χ3n) is 3.61. The first-order chi connectivity index (χ1) is 9.81. The zero-order valence-corrected chi connectivity index (χ0v) is 13.5. The average molecular weight is 291 g/mol. The van der Waals surface area contributed by atoms with E-state index in [-0.39, 0.29) is 12.1 Å². The van der Waals surface area contributed by atoms with Crippen LogP contribution in [0.1, 0.15) is 45.2 Å². The van der Waals surface area contributed by atoms with E-state index in [2.05, 4.69) is 55.7 Å². The van der Waals surface area contributed by atoms with Gasteiger partial charge in [-0.2, -0.15) is 0 Å². The molecule has 2 unspecified atom stereocenters. The summed E-state index contributed by atoms with van der Waals surface area (Å²) >= 11 is 1.83. The Morgan fingerprint density at radius 3 is 2.75 bits per heavy atom. The van der Waals surface area contributed by atoms with E-state index in [0.717, 1.165) is 26.0 Å². The van der Waals surface area contributed by atoms with Crippen molar-refractivity contribution in [3.05, 3.63) is 35.2 Å². The summed E-state index contributed by atoms with van der Waals surface area (Å²) < 4.78 is 7.36. The highest BCUT2D eigenvalue weighted by molar-refractivity contribution is 7.17. The lowest BCUT2D eigenvalue weighted by Crippen LogP contribution is -2.34.